The van der Waals surface area contributed by atoms with Gasteiger partial charge in [0.1, 0.15) is 30.0 Å². The highest BCUT2D eigenvalue weighted by atomic mass is 31.2. The Labute approximate surface area is 255 Å². The molecule has 0 bridgehead atoms. The molecule has 0 heterocycles. The maximum Gasteiger partial charge on any atom is 0.239 e. The van der Waals surface area contributed by atoms with Gasteiger partial charge < -0.3 is 39.4 Å². The summed E-state index contributed by atoms with van der Waals surface area (Å²) >= 11 is 0. The van der Waals surface area contributed by atoms with E-state index >= 15 is 0 Å². The van der Waals surface area contributed by atoms with Crippen LogP contribution in [0.4, 0.5) is 0 Å². The van der Waals surface area contributed by atoms with Gasteiger partial charge in [-0.1, -0.05) is 55.8 Å². The SMILES string of the molecule is CCCCO[P@@](=O)(CCCOCc1ccccc1)COc1ccc(CCNCC(O)COc2ccc(O)c(CO)c2)cc1. The summed E-state index contributed by atoms with van der Waals surface area (Å²) in [5.74, 6) is 1.12. The predicted molar refractivity (Wildman–Crippen MR) is 168 cm³/mol. The average Bonchev–Trinajstić information content (AvgIpc) is 3.03. The molecule has 0 aliphatic heterocycles. The van der Waals surface area contributed by atoms with Crippen molar-refractivity contribution in [3.8, 4) is 17.2 Å². The van der Waals surface area contributed by atoms with Gasteiger partial charge in [-0.15, -0.1) is 0 Å². The minimum absolute atomic E-state index is 0.00402. The van der Waals surface area contributed by atoms with E-state index in [2.05, 4.69) is 12.2 Å². The van der Waals surface area contributed by atoms with E-state index in [9.17, 15) is 19.9 Å². The van der Waals surface area contributed by atoms with E-state index in [1.165, 1.54) is 6.07 Å². The molecule has 2 atom stereocenters. The van der Waals surface area contributed by atoms with Crippen molar-refractivity contribution >= 4 is 7.37 Å². The lowest BCUT2D eigenvalue weighted by atomic mass is 10.1. The summed E-state index contributed by atoms with van der Waals surface area (Å²) in [6, 6.07) is 22.3. The number of hydrogen-bond acceptors (Lipinski definition) is 9. The van der Waals surface area contributed by atoms with Crippen molar-refractivity contribution in [1.29, 1.82) is 0 Å². The Morgan fingerprint density at radius 3 is 2.42 bits per heavy atom. The molecule has 0 saturated carbocycles. The molecule has 0 spiro atoms. The van der Waals surface area contributed by atoms with Crippen LogP contribution in [0.15, 0.2) is 72.8 Å². The number of unbranched alkanes of at least 4 members (excludes halogenated alkanes) is 1. The molecule has 0 aliphatic carbocycles. The summed E-state index contributed by atoms with van der Waals surface area (Å²) < 4.78 is 36.6. The summed E-state index contributed by atoms with van der Waals surface area (Å²) in [6.45, 7) is 4.38. The van der Waals surface area contributed by atoms with Crippen LogP contribution in [-0.4, -0.2) is 66.8 Å². The van der Waals surface area contributed by atoms with E-state index in [1.807, 2.05) is 54.6 Å². The molecule has 0 aliphatic rings. The van der Waals surface area contributed by atoms with Crippen LogP contribution in [0, 0.1) is 0 Å². The van der Waals surface area contributed by atoms with Gasteiger partial charge >= 0.3 is 0 Å². The lowest BCUT2D eigenvalue weighted by Gasteiger charge is -2.19. The normalized spacial score (nSPS) is 13.4. The molecular formula is C33H46NO8P. The molecule has 0 amide bonds. The zero-order chi connectivity index (χ0) is 30.8. The van der Waals surface area contributed by atoms with Gasteiger partial charge in [0, 0.05) is 24.9 Å². The summed E-state index contributed by atoms with van der Waals surface area (Å²) in [6.07, 6.45) is 2.93. The van der Waals surface area contributed by atoms with Crippen molar-refractivity contribution in [2.75, 3.05) is 45.4 Å². The Kier molecular flexibility index (Phi) is 15.6. The second kappa shape index (κ2) is 19.4. The van der Waals surface area contributed by atoms with E-state index in [-0.39, 0.29) is 25.3 Å². The lowest BCUT2D eigenvalue weighted by Crippen LogP contribution is -2.32. The van der Waals surface area contributed by atoms with Crippen molar-refractivity contribution in [3.05, 3.63) is 89.5 Å². The van der Waals surface area contributed by atoms with Gasteiger partial charge in [-0.25, -0.2) is 0 Å². The maximum atomic E-state index is 13.5. The van der Waals surface area contributed by atoms with Crippen molar-refractivity contribution in [1.82, 2.24) is 5.32 Å². The second-order valence-electron chi connectivity index (χ2n) is 10.4. The van der Waals surface area contributed by atoms with Crippen LogP contribution >= 0.6 is 7.37 Å². The van der Waals surface area contributed by atoms with Crippen molar-refractivity contribution in [2.24, 2.45) is 0 Å². The first-order valence-electron chi connectivity index (χ1n) is 14.9. The van der Waals surface area contributed by atoms with Crippen LogP contribution < -0.4 is 14.8 Å². The van der Waals surface area contributed by atoms with Crippen LogP contribution in [0.3, 0.4) is 0 Å². The largest absolute Gasteiger partial charge is 0.508 e. The molecule has 0 saturated heterocycles. The number of nitrogens with one attached hydrogen (secondary N) is 1. The van der Waals surface area contributed by atoms with Crippen molar-refractivity contribution in [2.45, 2.75) is 51.9 Å². The monoisotopic (exact) mass is 615 g/mol. The Morgan fingerprint density at radius 1 is 0.907 bits per heavy atom. The van der Waals surface area contributed by atoms with Crippen LogP contribution in [0.5, 0.6) is 17.2 Å². The Bertz CT molecular complexity index is 1230. The number of phenols is 1. The van der Waals surface area contributed by atoms with E-state index < -0.39 is 13.5 Å². The van der Waals surface area contributed by atoms with Gasteiger partial charge in [0.2, 0.25) is 7.37 Å². The van der Waals surface area contributed by atoms with Crippen molar-refractivity contribution in [3.63, 3.8) is 0 Å². The van der Waals surface area contributed by atoms with Crippen LogP contribution in [-0.2, 0) is 33.5 Å². The zero-order valence-corrected chi connectivity index (χ0v) is 25.9. The highest BCUT2D eigenvalue weighted by Crippen LogP contribution is 2.47. The first-order chi connectivity index (χ1) is 20.9. The zero-order valence-electron chi connectivity index (χ0n) is 25.0. The molecule has 43 heavy (non-hydrogen) atoms. The summed E-state index contributed by atoms with van der Waals surface area (Å²) in [5, 5.41) is 32.3. The minimum Gasteiger partial charge on any atom is -0.508 e. The van der Waals surface area contributed by atoms with Gasteiger partial charge in [0.15, 0.2) is 6.35 Å². The molecule has 10 heteroatoms. The molecule has 1 unspecified atom stereocenters. The van der Waals surface area contributed by atoms with Crippen LogP contribution in [0.25, 0.3) is 0 Å². The first kappa shape index (κ1) is 34.6. The summed E-state index contributed by atoms with van der Waals surface area (Å²) in [5.41, 5.74) is 2.58. The molecular weight excluding hydrogens is 569 g/mol. The van der Waals surface area contributed by atoms with E-state index in [0.717, 1.165) is 30.4 Å². The van der Waals surface area contributed by atoms with Crippen molar-refractivity contribution < 1.29 is 38.6 Å². The minimum atomic E-state index is -2.97. The van der Waals surface area contributed by atoms with E-state index in [4.69, 9.17) is 18.7 Å². The number of aliphatic hydroxyl groups excluding tert-OH is 2. The predicted octanol–water partition coefficient (Wildman–Crippen LogP) is 5.49. The number of aliphatic hydroxyl groups is 2. The molecule has 236 valence electrons. The van der Waals surface area contributed by atoms with Gasteiger partial charge in [0.25, 0.3) is 0 Å². The highest BCUT2D eigenvalue weighted by Gasteiger charge is 2.24. The summed E-state index contributed by atoms with van der Waals surface area (Å²) in [7, 11) is -2.97. The van der Waals surface area contributed by atoms with Crippen LogP contribution in [0.2, 0.25) is 0 Å². The number of aromatic hydroxyl groups is 1. The fourth-order valence-corrected chi connectivity index (χ4v) is 5.92. The van der Waals surface area contributed by atoms with Gasteiger partial charge in [-0.3, -0.25) is 4.57 Å². The van der Waals surface area contributed by atoms with Gasteiger partial charge in [-0.2, -0.15) is 0 Å². The molecule has 0 radical (unpaired) electrons. The standard InChI is InChI=1S/C33H46NO8P/c1-2-3-19-42-43(38,20-7-18-39-24-28-8-5-4-6-9-28)26-41-31-12-10-27(11-13-31)16-17-34-22-30(36)25-40-32-14-15-33(37)29(21-32)23-35/h4-6,8-15,21,30,34-37H,2-3,7,16-20,22-26H2,1H3/t30?,43-/m0/s1. The molecule has 3 aromatic rings. The fourth-order valence-electron chi connectivity index (χ4n) is 4.17. The molecule has 4 N–H and O–H groups in total. The average molecular weight is 616 g/mol. The Balaban J connectivity index is 1.34. The first-order valence-corrected chi connectivity index (χ1v) is 16.9. The third-order valence-corrected chi connectivity index (χ3v) is 8.88. The highest BCUT2D eigenvalue weighted by molar-refractivity contribution is 7.58. The third kappa shape index (κ3) is 13.5. The smallest absolute Gasteiger partial charge is 0.239 e. The lowest BCUT2D eigenvalue weighted by molar-refractivity contribution is 0.106. The molecule has 0 aromatic heterocycles. The molecule has 3 aromatic carbocycles. The van der Waals surface area contributed by atoms with Crippen LogP contribution in [0.1, 0.15) is 42.9 Å². The number of benzene rings is 3. The Hall–Kier alpha value is -2.91. The number of hydrogen-bond donors (Lipinski definition) is 4. The number of ether oxygens (including phenoxy) is 3. The third-order valence-electron chi connectivity index (χ3n) is 6.71. The second-order valence-corrected chi connectivity index (χ2v) is 13.0. The molecule has 9 nitrogen and oxygen atoms in total. The maximum absolute atomic E-state index is 13.5. The number of rotatable bonds is 22. The van der Waals surface area contributed by atoms with Gasteiger partial charge in [-0.05, 0) is 67.3 Å². The topological polar surface area (TPSA) is 127 Å². The Morgan fingerprint density at radius 2 is 1.67 bits per heavy atom. The van der Waals surface area contributed by atoms with E-state index in [0.29, 0.717) is 62.6 Å². The molecule has 3 rings (SSSR count). The summed E-state index contributed by atoms with van der Waals surface area (Å²) in [4.78, 5) is 0. The fraction of sp³-hybridized carbons (Fsp3) is 0.455. The van der Waals surface area contributed by atoms with Gasteiger partial charge in [0.05, 0.1) is 19.8 Å². The van der Waals surface area contributed by atoms with E-state index in [1.54, 1.807) is 12.1 Å². The quantitative estimate of drug-likeness (QED) is 0.0857. The molecule has 0 fully saturated rings.